The normalized spacial score (nSPS) is 35.3. The molecule has 1 rings (SSSR count). The van der Waals surface area contributed by atoms with Gasteiger partial charge in [-0.15, -0.1) is 0 Å². The van der Waals surface area contributed by atoms with E-state index in [0.29, 0.717) is 0 Å². The number of piperidine rings is 1. The number of hydrogen-bond donors (Lipinski definition) is 1. The quantitative estimate of drug-likeness (QED) is 0.526. The van der Waals surface area contributed by atoms with E-state index in [1.165, 1.54) is 19.5 Å². The first-order valence-electron chi connectivity index (χ1n) is 3.49. The maximum Gasteiger partial charge on any atom is -0.00229 e. The molecule has 1 fully saturated rings. The molecule has 1 aliphatic rings. The summed E-state index contributed by atoms with van der Waals surface area (Å²) in [5, 5.41) is 3.38. The van der Waals surface area contributed by atoms with Crippen molar-refractivity contribution in [1.82, 2.24) is 5.32 Å². The molecule has 9 heavy (non-hydrogen) atoms. The maximum absolute atomic E-state index is 3.38. The van der Waals surface area contributed by atoms with Crippen LogP contribution in [0.2, 0.25) is 0 Å². The third kappa shape index (κ3) is 2.85. The SMILES string of the molecule is C.CC1CNCC(C)C1. The summed E-state index contributed by atoms with van der Waals surface area (Å²) in [5.41, 5.74) is 0. The lowest BCUT2D eigenvalue weighted by molar-refractivity contribution is 0.321. The lowest BCUT2D eigenvalue weighted by Crippen LogP contribution is -2.33. The summed E-state index contributed by atoms with van der Waals surface area (Å²) in [6.45, 7) is 7.07. The molecule has 1 nitrogen and oxygen atoms in total. The van der Waals surface area contributed by atoms with E-state index in [4.69, 9.17) is 0 Å². The van der Waals surface area contributed by atoms with Gasteiger partial charge in [0, 0.05) is 0 Å². The molecular formula is C8H19N. The zero-order valence-electron chi connectivity index (χ0n) is 5.78. The Morgan fingerprint density at radius 3 is 1.78 bits per heavy atom. The molecule has 0 bridgehead atoms. The van der Waals surface area contributed by atoms with E-state index in [-0.39, 0.29) is 7.43 Å². The van der Waals surface area contributed by atoms with E-state index in [2.05, 4.69) is 19.2 Å². The highest BCUT2D eigenvalue weighted by atomic mass is 14.9. The first-order valence-corrected chi connectivity index (χ1v) is 3.49. The van der Waals surface area contributed by atoms with Crippen LogP contribution in [-0.4, -0.2) is 13.1 Å². The monoisotopic (exact) mass is 129 g/mol. The van der Waals surface area contributed by atoms with Crippen molar-refractivity contribution in [3.05, 3.63) is 0 Å². The van der Waals surface area contributed by atoms with Gasteiger partial charge in [-0.3, -0.25) is 0 Å². The van der Waals surface area contributed by atoms with Gasteiger partial charge in [0.05, 0.1) is 0 Å². The van der Waals surface area contributed by atoms with Crippen molar-refractivity contribution in [2.45, 2.75) is 27.7 Å². The summed E-state index contributed by atoms with van der Waals surface area (Å²) in [4.78, 5) is 0. The van der Waals surface area contributed by atoms with Gasteiger partial charge in [0.2, 0.25) is 0 Å². The zero-order chi connectivity index (χ0) is 5.98. The maximum atomic E-state index is 3.38. The molecular weight excluding hydrogens is 110 g/mol. The average molecular weight is 129 g/mol. The Kier molecular flexibility index (Phi) is 3.87. The molecule has 0 spiro atoms. The summed E-state index contributed by atoms with van der Waals surface area (Å²) >= 11 is 0. The van der Waals surface area contributed by atoms with Crippen LogP contribution in [0, 0.1) is 11.8 Å². The molecule has 0 amide bonds. The van der Waals surface area contributed by atoms with Crippen molar-refractivity contribution in [2.75, 3.05) is 13.1 Å². The molecule has 0 aromatic carbocycles. The Balaban J connectivity index is 0.000000640. The predicted octanol–water partition coefficient (Wildman–Crippen LogP) is 1.89. The lowest BCUT2D eigenvalue weighted by atomic mass is 9.94. The molecule has 1 heterocycles. The Bertz CT molecular complexity index is 63.0. The highest BCUT2D eigenvalue weighted by Gasteiger charge is 2.12. The molecule has 0 radical (unpaired) electrons. The second-order valence-electron chi connectivity index (χ2n) is 3.10. The standard InChI is InChI=1S/C7H15N.CH4/c1-6-3-7(2)5-8-4-6;/h6-8H,3-5H2,1-2H3;1H4. The topological polar surface area (TPSA) is 12.0 Å². The smallest absolute Gasteiger partial charge is 0.00229 e. The summed E-state index contributed by atoms with van der Waals surface area (Å²) in [5.74, 6) is 1.80. The van der Waals surface area contributed by atoms with Gasteiger partial charge in [-0.25, -0.2) is 0 Å². The first kappa shape index (κ1) is 8.96. The van der Waals surface area contributed by atoms with Crippen LogP contribution in [0.15, 0.2) is 0 Å². The fourth-order valence-electron chi connectivity index (χ4n) is 1.43. The zero-order valence-corrected chi connectivity index (χ0v) is 5.78. The fraction of sp³-hybridized carbons (Fsp3) is 1.00. The molecule has 1 N–H and O–H groups in total. The molecule has 2 unspecified atom stereocenters. The lowest BCUT2D eigenvalue weighted by Gasteiger charge is -2.24. The van der Waals surface area contributed by atoms with Gasteiger partial charge in [-0.05, 0) is 31.3 Å². The van der Waals surface area contributed by atoms with Crippen molar-refractivity contribution >= 4 is 0 Å². The summed E-state index contributed by atoms with van der Waals surface area (Å²) in [6.07, 6.45) is 1.41. The number of rotatable bonds is 0. The Morgan fingerprint density at radius 1 is 1.11 bits per heavy atom. The van der Waals surface area contributed by atoms with Crippen LogP contribution >= 0.6 is 0 Å². The minimum absolute atomic E-state index is 0. The highest BCUT2D eigenvalue weighted by Crippen LogP contribution is 2.13. The van der Waals surface area contributed by atoms with E-state index in [9.17, 15) is 0 Å². The fourth-order valence-corrected chi connectivity index (χ4v) is 1.43. The second-order valence-corrected chi connectivity index (χ2v) is 3.10. The molecule has 1 saturated heterocycles. The predicted molar refractivity (Wildman–Crippen MR) is 42.5 cm³/mol. The van der Waals surface area contributed by atoms with Crippen LogP contribution in [0.5, 0.6) is 0 Å². The molecule has 56 valence electrons. The first-order chi connectivity index (χ1) is 3.79. The van der Waals surface area contributed by atoms with Crippen LogP contribution < -0.4 is 5.32 Å². The van der Waals surface area contributed by atoms with Crippen molar-refractivity contribution < 1.29 is 0 Å². The van der Waals surface area contributed by atoms with Crippen LogP contribution in [0.4, 0.5) is 0 Å². The van der Waals surface area contributed by atoms with Gasteiger partial charge >= 0.3 is 0 Å². The summed E-state index contributed by atoms with van der Waals surface area (Å²) in [7, 11) is 0. The van der Waals surface area contributed by atoms with Gasteiger partial charge in [-0.1, -0.05) is 21.3 Å². The summed E-state index contributed by atoms with van der Waals surface area (Å²) in [6, 6.07) is 0. The largest absolute Gasteiger partial charge is 0.316 e. The summed E-state index contributed by atoms with van der Waals surface area (Å²) < 4.78 is 0. The van der Waals surface area contributed by atoms with Crippen molar-refractivity contribution in [2.24, 2.45) is 11.8 Å². The van der Waals surface area contributed by atoms with Crippen LogP contribution in [0.1, 0.15) is 27.7 Å². The minimum Gasteiger partial charge on any atom is -0.316 e. The van der Waals surface area contributed by atoms with Gasteiger partial charge in [-0.2, -0.15) is 0 Å². The van der Waals surface area contributed by atoms with Crippen LogP contribution in [0.25, 0.3) is 0 Å². The van der Waals surface area contributed by atoms with E-state index in [1.54, 1.807) is 0 Å². The molecule has 1 heteroatoms. The number of nitrogens with one attached hydrogen (secondary N) is 1. The third-order valence-corrected chi connectivity index (χ3v) is 1.79. The van der Waals surface area contributed by atoms with Gasteiger partial charge in [0.15, 0.2) is 0 Å². The Morgan fingerprint density at radius 2 is 1.56 bits per heavy atom. The van der Waals surface area contributed by atoms with Gasteiger partial charge in [0.1, 0.15) is 0 Å². The van der Waals surface area contributed by atoms with E-state index in [1.807, 2.05) is 0 Å². The van der Waals surface area contributed by atoms with Crippen molar-refractivity contribution in [3.63, 3.8) is 0 Å². The van der Waals surface area contributed by atoms with Gasteiger partial charge in [0.25, 0.3) is 0 Å². The minimum atomic E-state index is 0. The van der Waals surface area contributed by atoms with Crippen LogP contribution in [-0.2, 0) is 0 Å². The average Bonchev–Trinajstić information content (AvgIpc) is 1.64. The number of hydrogen-bond acceptors (Lipinski definition) is 1. The molecule has 0 saturated carbocycles. The molecule has 2 atom stereocenters. The molecule has 0 aromatic heterocycles. The third-order valence-electron chi connectivity index (χ3n) is 1.79. The van der Waals surface area contributed by atoms with E-state index in [0.717, 1.165) is 11.8 Å². The second kappa shape index (κ2) is 3.89. The Hall–Kier alpha value is -0.0400. The van der Waals surface area contributed by atoms with Gasteiger partial charge < -0.3 is 5.32 Å². The highest BCUT2D eigenvalue weighted by molar-refractivity contribution is 4.69. The van der Waals surface area contributed by atoms with E-state index < -0.39 is 0 Å². The van der Waals surface area contributed by atoms with Crippen molar-refractivity contribution in [3.8, 4) is 0 Å². The van der Waals surface area contributed by atoms with Crippen molar-refractivity contribution in [1.29, 1.82) is 0 Å². The molecule has 1 aliphatic heterocycles. The Labute approximate surface area is 58.8 Å². The molecule has 0 aromatic rings. The van der Waals surface area contributed by atoms with Crippen LogP contribution in [0.3, 0.4) is 0 Å². The molecule has 0 aliphatic carbocycles. The van der Waals surface area contributed by atoms with E-state index >= 15 is 0 Å².